The van der Waals surface area contributed by atoms with Crippen molar-refractivity contribution in [2.45, 2.75) is 19.8 Å². The standard InChI is InChI=1S/C11H14O2.C3H9N3/c1-2-3-9-13-11(12)10-7-5-4-6-8-10;1-4-2-6-3-5-1/h4-8H,2-3,9H2,1H3;4-6H,1-3H2. The number of nitrogens with one attached hydrogen (secondary N) is 3. The summed E-state index contributed by atoms with van der Waals surface area (Å²) in [4.78, 5) is 11.3. The van der Waals surface area contributed by atoms with Gasteiger partial charge in [0, 0.05) is 20.0 Å². The Morgan fingerprint density at radius 1 is 1.11 bits per heavy atom. The fourth-order valence-corrected chi connectivity index (χ4v) is 1.42. The molecule has 1 heterocycles. The predicted octanol–water partition coefficient (Wildman–Crippen LogP) is 1.28. The fraction of sp³-hybridized carbons (Fsp3) is 0.500. The van der Waals surface area contributed by atoms with Crippen LogP contribution in [0.1, 0.15) is 30.1 Å². The average molecular weight is 265 g/mol. The van der Waals surface area contributed by atoms with Gasteiger partial charge in [0.2, 0.25) is 0 Å². The Bertz CT molecular complexity index is 328. The van der Waals surface area contributed by atoms with Crippen molar-refractivity contribution in [1.29, 1.82) is 0 Å². The number of hydrogen-bond acceptors (Lipinski definition) is 5. The van der Waals surface area contributed by atoms with Crippen LogP contribution < -0.4 is 16.0 Å². The van der Waals surface area contributed by atoms with Crippen molar-refractivity contribution in [3.63, 3.8) is 0 Å². The minimum Gasteiger partial charge on any atom is -0.462 e. The van der Waals surface area contributed by atoms with Gasteiger partial charge < -0.3 is 4.74 Å². The number of carbonyl (C=O) groups excluding carboxylic acids is 1. The summed E-state index contributed by atoms with van der Waals surface area (Å²) in [5, 5.41) is 9.19. The normalized spacial score (nSPS) is 14.2. The molecule has 0 saturated carbocycles. The van der Waals surface area contributed by atoms with E-state index in [0.717, 1.165) is 32.8 Å². The molecule has 1 aromatic carbocycles. The first-order valence-corrected chi connectivity index (χ1v) is 6.69. The number of unbranched alkanes of at least 4 members (excludes halogenated alkanes) is 1. The van der Waals surface area contributed by atoms with Crippen LogP contribution in [0.3, 0.4) is 0 Å². The zero-order chi connectivity index (χ0) is 13.8. The van der Waals surface area contributed by atoms with E-state index in [1.807, 2.05) is 18.2 Å². The van der Waals surface area contributed by atoms with Gasteiger partial charge in [0.1, 0.15) is 0 Å². The molecule has 0 atom stereocenters. The van der Waals surface area contributed by atoms with Crippen molar-refractivity contribution < 1.29 is 9.53 Å². The molecule has 0 aromatic heterocycles. The minimum absolute atomic E-state index is 0.228. The third kappa shape index (κ3) is 7.56. The maximum Gasteiger partial charge on any atom is 0.338 e. The van der Waals surface area contributed by atoms with Crippen molar-refractivity contribution in [3.05, 3.63) is 35.9 Å². The van der Waals surface area contributed by atoms with Crippen LogP contribution in [0.15, 0.2) is 30.3 Å². The Labute approximate surface area is 114 Å². The largest absolute Gasteiger partial charge is 0.462 e. The highest BCUT2D eigenvalue weighted by atomic mass is 16.5. The highest BCUT2D eigenvalue weighted by Crippen LogP contribution is 2.01. The van der Waals surface area contributed by atoms with Crippen LogP contribution in [0.5, 0.6) is 0 Å². The van der Waals surface area contributed by atoms with Crippen LogP contribution in [0.2, 0.25) is 0 Å². The summed E-state index contributed by atoms with van der Waals surface area (Å²) >= 11 is 0. The summed E-state index contributed by atoms with van der Waals surface area (Å²) in [7, 11) is 0. The predicted molar refractivity (Wildman–Crippen MR) is 75.6 cm³/mol. The van der Waals surface area contributed by atoms with Gasteiger partial charge in [-0.1, -0.05) is 31.5 Å². The Balaban J connectivity index is 0.000000250. The molecular weight excluding hydrogens is 242 g/mol. The SMILES string of the molecule is C1NCNCN1.CCCCOC(=O)c1ccccc1. The smallest absolute Gasteiger partial charge is 0.338 e. The van der Waals surface area contributed by atoms with Crippen LogP contribution in [0, 0.1) is 0 Å². The molecule has 5 heteroatoms. The first-order valence-electron chi connectivity index (χ1n) is 6.69. The molecule has 1 aliphatic heterocycles. The fourth-order valence-electron chi connectivity index (χ4n) is 1.42. The molecule has 106 valence electrons. The van der Waals surface area contributed by atoms with Gasteiger partial charge in [-0.05, 0) is 18.6 Å². The first kappa shape index (κ1) is 15.6. The van der Waals surface area contributed by atoms with Gasteiger partial charge in [-0.15, -0.1) is 0 Å². The van der Waals surface area contributed by atoms with E-state index < -0.39 is 0 Å². The number of carbonyl (C=O) groups is 1. The van der Waals surface area contributed by atoms with Crippen LogP contribution in [-0.4, -0.2) is 32.6 Å². The van der Waals surface area contributed by atoms with Crippen LogP contribution in [0.4, 0.5) is 0 Å². The number of hydrogen-bond donors (Lipinski definition) is 3. The van der Waals surface area contributed by atoms with Gasteiger partial charge in [-0.25, -0.2) is 4.79 Å². The third-order valence-electron chi connectivity index (χ3n) is 2.49. The molecule has 0 radical (unpaired) electrons. The van der Waals surface area contributed by atoms with Crippen LogP contribution in [0.25, 0.3) is 0 Å². The van der Waals surface area contributed by atoms with Gasteiger partial charge in [0.15, 0.2) is 0 Å². The lowest BCUT2D eigenvalue weighted by molar-refractivity contribution is 0.0500. The lowest BCUT2D eigenvalue weighted by atomic mass is 10.2. The van der Waals surface area contributed by atoms with E-state index in [1.54, 1.807) is 12.1 Å². The quantitative estimate of drug-likeness (QED) is 0.565. The molecule has 0 amide bonds. The van der Waals surface area contributed by atoms with Crippen LogP contribution >= 0.6 is 0 Å². The maximum absolute atomic E-state index is 11.3. The number of ether oxygens (including phenoxy) is 1. The Kier molecular flexibility index (Phi) is 8.63. The van der Waals surface area contributed by atoms with E-state index in [1.165, 1.54) is 0 Å². The molecule has 0 bridgehead atoms. The van der Waals surface area contributed by atoms with Gasteiger partial charge >= 0.3 is 5.97 Å². The summed E-state index contributed by atoms with van der Waals surface area (Å²) in [6, 6.07) is 9.05. The second-order valence-electron chi connectivity index (χ2n) is 4.14. The summed E-state index contributed by atoms with van der Waals surface area (Å²) in [6.07, 6.45) is 1.97. The van der Waals surface area contributed by atoms with E-state index in [-0.39, 0.29) is 5.97 Å². The van der Waals surface area contributed by atoms with Crippen molar-refractivity contribution in [2.24, 2.45) is 0 Å². The van der Waals surface area contributed by atoms with E-state index in [4.69, 9.17) is 4.74 Å². The monoisotopic (exact) mass is 265 g/mol. The molecule has 3 N–H and O–H groups in total. The average Bonchev–Trinajstić information content (AvgIpc) is 2.51. The molecule has 19 heavy (non-hydrogen) atoms. The molecule has 1 aliphatic rings. The van der Waals surface area contributed by atoms with Gasteiger partial charge in [0.25, 0.3) is 0 Å². The van der Waals surface area contributed by atoms with Gasteiger partial charge in [-0.2, -0.15) is 0 Å². The Morgan fingerprint density at radius 2 is 1.68 bits per heavy atom. The van der Waals surface area contributed by atoms with Crippen molar-refractivity contribution >= 4 is 5.97 Å². The second-order valence-corrected chi connectivity index (χ2v) is 4.14. The molecule has 2 rings (SSSR count). The molecule has 0 unspecified atom stereocenters. The number of esters is 1. The second kappa shape index (κ2) is 10.5. The number of rotatable bonds is 4. The first-order chi connectivity index (χ1) is 9.34. The van der Waals surface area contributed by atoms with Gasteiger partial charge in [-0.3, -0.25) is 16.0 Å². The lowest BCUT2D eigenvalue weighted by Gasteiger charge is -2.13. The molecular formula is C14H23N3O2. The summed E-state index contributed by atoms with van der Waals surface area (Å²) in [6.45, 7) is 5.40. The van der Waals surface area contributed by atoms with E-state index in [2.05, 4.69) is 22.9 Å². The van der Waals surface area contributed by atoms with Gasteiger partial charge in [0.05, 0.1) is 12.2 Å². The summed E-state index contributed by atoms with van der Waals surface area (Å²) in [5.41, 5.74) is 0.624. The van der Waals surface area contributed by atoms with Crippen molar-refractivity contribution in [2.75, 3.05) is 26.6 Å². The molecule has 1 fully saturated rings. The highest BCUT2D eigenvalue weighted by Gasteiger charge is 2.03. The molecule has 1 saturated heterocycles. The zero-order valence-corrected chi connectivity index (χ0v) is 11.4. The van der Waals surface area contributed by atoms with E-state index in [9.17, 15) is 4.79 Å². The third-order valence-corrected chi connectivity index (χ3v) is 2.49. The molecule has 0 aliphatic carbocycles. The van der Waals surface area contributed by atoms with E-state index in [0.29, 0.717) is 12.2 Å². The number of benzene rings is 1. The maximum atomic E-state index is 11.3. The molecule has 0 spiro atoms. The van der Waals surface area contributed by atoms with Crippen molar-refractivity contribution in [1.82, 2.24) is 16.0 Å². The molecule has 1 aromatic rings. The van der Waals surface area contributed by atoms with Crippen LogP contribution in [-0.2, 0) is 4.74 Å². The molecule has 5 nitrogen and oxygen atoms in total. The summed E-state index contributed by atoms with van der Waals surface area (Å²) in [5.74, 6) is -0.228. The zero-order valence-electron chi connectivity index (χ0n) is 11.4. The minimum atomic E-state index is -0.228. The van der Waals surface area contributed by atoms with E-state index >= 15 is 0 Å². The topological polar surface area (TPSA) is 62.4 Å². The lowest BCUT2D eigenvalue weighted by Crippen LogP contribution is -2.47. The summed E-state index contributed by atoms with van der Waals surface area (Å²) < 4.78 is 5.03. The highest BCUT2D eigenvalue weighted by molar-refractivity contribution is 5.89. The van der Waals surface area contributed by atoms with Crippen molar-refractivity contribution in [3.8, 4) is 0 Å². The Hall–Kier alpha value is -1.43. The Morgan fingerprint density at radius 3 is 2.16 bits per heavy atom.